The van der Waals surface area contributed by atoms with Gasteiger partial charge in [-0.25, -0.2) is 9.69 Å². The summed E-state index contributed by atoms with van der Waals surface area (Å²) in [6.07, 6.45) is 0. The molecule has 8 nitrogen and oxygen atoms in total. The summed E-state index contributed by atoms with van der Waals surface area (Å²) >= 11 is 0. The lowest BCUT2D eigenvalue weighted by molar-refractivity contribution is -0.136. The van der Waals surface area contributed by atoms with Gasteiger partial charge in [0.25, 0.3) is 5.91 Å². The second kappa shape index (κ2) is 9.46. The molecule has 0 aliphatic carbocycles. The number of rotatable bonds is 6. The number of ether oxygens (including phenoxy) is 1. The third-order valence-corrected chi connectivity index (χ3v) is 6.65. The van der Waals surface area contributed by atoms with Crippen LogP contribution in [0.4, 0.5) is 16.2 Å². The molecule has 2 aliphatic heterocycles. The lowest BCUT2D eigenvalue weighted by Gasteiger charge is -2.29. The molecule has 180 valence electrons. The summed E-state index contributed by atoms with van der Waals surface area (Å²) in [6, 6.07) is 13.6. The normalized spacial score (nSPS) is 21.6. The molecule has 0 saturated carbocycles. The molecular formula is C26H32N4O4. The van der Waals surface area contributed by atoms with E-state index in [1.807, 2.05) is 48.5 Å². The standard InChI is InChI=1S/C26H32N4O4/c1-17(2)19-5-7-20(8-6-19)26(4)24(32)30(25(33)28-26)18(3)23(31)27-21-9-11-22(12-10-21)29-13-15-34-16-14-29/h5-12,17-18H,13-16H2,1-4H3,(H,27,31)(H,28,33)/t18-,26-/m0/s1. The molecule has 0 unspecified atom stereocenters. The molecule has 8 heteroatoms. The minimum absolute atomic E-state index is 0.360. The van der Waals surface area contributed by atoms with E-state index in [2.05, 4.69) is 29.4 Å². The predicted molar refractivity (Wildman–Crippen MR) is 131 cm³/mol. The first-order chi connectivity index (χ1) is 16.2. The lowest BCUT2D eigenvalue weighted by atomic mass is 9.90. The number of nitrogens with zero attached hydrogens (tertiary/aromatic N) is 2. The average Bonchev–Trinajstić information content (AvgIpc) is 3.08. The number of hydrogen-bond donors (Lipinski definition) is 2. The van der Waals surface area contributed by atoms with Gasteiger partial charge in [0, 0.05) is 24.5 Å². The van der Waals surface area contributed by atoms with Gasteiger partial charge in [-0.05, 0) is 55.2 Å². The van der Waals surface area contributed by atoms with Gasteiger partial charge in [-0.15, -0.1) is 0 Å². The Morgan fingerprint density at radius 1 is 1.00 bits per heavy atom. The molecule has 0 bridgehead atoms. The first kappa shape index (κ1) is 23.8. The van der Waals surface area contributed by atoms with E-state index in [9.17, 15) is 14.4 Å². The highest BCUT2D eigenvalue weighted by atomic mass is 16.5. The fourth-order valence-corrected chi connectivity index (χ4v) is 4.35. The van der Waals surface area contributed by atoms with Gasteiger partial charge >= 0.3 is 6.03 Å². The smallest absolute Gasteiger partial charge is 0.326 e. The summed E-state index contributed by atoms with van der Waals surface area (Å²) in [7, 11) is 0. The van der Waals surface area contributed by atoms with Crippen LogP contribution in [0.15, 0.2) is 48.5 Å². The second-order valence-corrected chi connectivity index (χ2v) is 9.32. The number of imide groups is 1. The molecule has 4 rings (SSSR count). The molecular weight excluding hydrogens is 432 g/mol. The summed E-state index contributed by atoms with van der Waals surface area (Å²) < 4.78 is 5.38. The van der Waals surface area contributed by atoms with E-state index in [0.717, 1.165) is 29.2 Å². The van der Waals surface area contributed by atoms with Crippen LogP contribution < -0.4 is 15.5 Å². The summed E-state index contributed by atoms with van der Waals surface area (Å²) in [5, 5.41) is 5.60. The maximum atomic E-state index is 13.3. The maximum Gasteiger partial charge on any atom is 0.326 e. The molecule has 2 aliphatic rings. The van der Waals surface area contributed by atoms with E-state index in [0.29, 0.717) is 30.4 Å². The van der Waals surface area contributed by atoms with E-state index >= 15 is 0 Å². The van der Waals surface area contributed by atoms with Gasteiger partial charge < -0.3 is 20.3 Å². The van der Waals surface area contributed by atoms with Crippen molar-refractivity contribution in [2.24, 2.45) is 0 Å². The van der Waals surface area contributed by atoms with Crippen LogP contribution in [0.25, 0.3) is 0 Å². The molecule has 2 aromatic rings. The van der Waals surface area contributed by atoms with Crippen molar-refractivity contribution in [3.63, 3.8) is 0 Å². The second-order valence-electron chi connectivity index (χ2n) is 9.32. The van der Waals surface area contributed by atoms with Crippen molar-refractivity contribution in [1.82, 2.24) is 10.2 Å². The van der Waals surface area contributed by atoms with Gasteiger partial charge in [-0.1, -0.05) is 38.1 Å². The predicted octanol–water partition coefficient (Wildman–Crippen LogP) is 3.44. The monoisotopic (exact) mass is 464 g/mol. The Hall–Kier alpha value is -3.39. The average molecular weight is 465 g/mol. The van der Waals surface area contributed by atoms with Crippen molar-refractivity contribution >= 4 is 29.2 Å². The zero-order valence-electron chi connectivity index (χ0n) is 20.1. The highest BCUT2D eigenvalue weighted by Gasteiger charge is 2.51. The molecule has 2 atom stereocenters. The van der Waals surface area contributed by atoms with Crippen molar-refractivity contribution in [1.29, 1.82) is 0 Å². The number of carbonyl (C=O) groups is 3. The third-order valence-electron chi connectivity index (χ3n) is 6.65. The fraction of sp³-hybridized carbons (Fsp3) is 0.423. The van der Waals surface area contributed by atoms with Crippen molar-refractivity contribution in [2.75, 3.05) is 36.5 Å². The molecule has 34 heavy (non-hydrogen) atoms. The Balaban J connectivity index is 1.44. The lowest BCUT2D eigenvalue weighted by Crippen LogP contribution is -2.47. The van der Waals surface area contributed by atoms with Crippen LogP contribution in [0.2, 0.25) is 0 Å². The molecule has 2 aromatic carbocycles. The number of urea groups is 1. The molecule has 2 N–H and O–H groups in total. The topological polar surface area (TPSA) is 91.0 Å². The molecule has 2 fully saturated rings. The van der Waals surface area contributed by atoms with E-state index in [4.69, 9.17) is 4.74 Å². The number of morpholine rings is 1. The van der Waals surface area contributed by atoms with Gasteiger partial charge in [0.1, 0.15) is 11.6 Å². The van der Waals surface area contributed by atoms with Crippen LogP contribution >= 0.6 is 0 Å². The van der Waals surface area contributed by atoms with E-state index in [-0.39, 0.29) is 0 Å². The van der Waals surface area contributed by atoms with Crippen molar-refractivity contribution in [3.8, 4) is 0 Å². The zero-order valence-corrected chi connectivity index (χ0v) is 20.1. The van der Waals surface area contributed by atoms with Crippen LogP contribution in [0.5, 0.6) is 0 Å². The first-order valence-electron chi connectivity index (χ1n) is 11.7. The van der Waals surface area contributed by atoms with Crippen molar-refractivity contribution in [2.45, 2.75) is 45.2 Å². The number of nitrogens with one attached hydrogen (secondary N) is 2. The summed E-state index contributed by atoms with van der Waals surface area (Å²) in [6.45, 7) is 10.5. The Labute approximate surface area is 200 Å². The number of hydrogen-bond acceptors (Lipinski definition) is 5. The summed E-state index contributed by atoms with van der Waals surface area (Å²) in [5.74, 6) is -0.513. The molecule has 0 aromatic heterocycles. The maximum absolute atomic E-state index is 13.3. The summed E-state index contributed by atoms with van der Waals surface area (Å²) in [4.78, 5) is 42.2. The number of carbonyl (C=O) groups excluding carboxylic acids is 3. The number of anilines is 2. The Bertz CT molecular complexity index is 1060. The fourth-order valence-electron chi connectivity index (χ4n) is 4.35. The van der Waals surface area contributed by atoms with Crippen LogP contribution in [-0.2, 0) is 19.9 Å². The van der Waals surface area contributed by atoms with Gasteiger partial charge in [0.05, 0.1) is 13.2 Å². The minimum Gasteiger partial charge on any atom is -0.378 e. The van der Waals surface area contributed by atoms with E-state index in [1.165, 1.54) is 0 Å². The highest BCUT2D eigenvalue weighted by Crippen LogP contribution is 2.31. The van der Waals surface area contributed by atoms with Crippen LogP contribution in [0, 0.1) is 0 Å². The molecule has 2 heterocycles. The summed E-state index contributed by atoms with van der Waals surface area (Å²) in [5.41, 5.74) is 2.27. The zero-order chi connectivity index (χ0) is 24.5. The Kier molecular flexibility index (Phi) is 6.61. The molecule has 0 spiro atoms. The van der Waals surface area contributed by atoms with Gasteiger partial charge in [0.2, 0.25) is 5.91 Å². The minimum atomic E-state index is -1.22. The van der Waals surface area contributed by atoms with Crippen molar-refractivity contribution in [3.05, 3.63) is 59.7 Å². The van der Waals surface area contributed by atoms with Crippen LogP contribution in [0.1, 0.15) is 44.7 Å². The molecule has 2 saturated heterocycles. The van der Waals surface area contributed by atoms with Gasteiger partial charge in [-0.2, -0.15) is 0 Å². The first-order valence-corrected chi connectivity index (χ1v) is 11.7. The number of benzene rings is 2. The Morgan fingerprint density at radius 2 is 1.62 bits per heavy atom. The Morgan fingerprint density at radius 3 is 2.21 bits per heavy atom. The van der Waals surface area contributed by atoms with E-state index < -0.39 is 29.4 Å². The SMILES string of the molecule is CC(C)c1ccc([C@]2(C)NC(=O)N([C@@H](C)C(=O)Nc3ccc(N4CCOCC4)cc3)C2=O)cc1. The molecule has 0 radical (unpaired) electrons. The highest BCUT2D eigenvalue weighted by molar-refractivity contribution is 6.11. The van der Waals surface area contributed by atoms with Gasteiger partial charge in [0.15, 0.2) is 0 Å². The van der Waals surface area contributed by atoms with Crippen molar-refractivity contribution < 1.29 is 19.1 Å². The molecule has 4 amide bonds. The van der Waals surface area contributed by atoms with Crippen LogP contribution in [0.3, 0.4) is 0 Å². The van der Waals surface area contributed by atoms with Crippen LogP contribution in [-0.4, -0.2) is 55.1 Å². The largest absolute Gasteiger partial charge is 0.378 e. The third kappa shape index (κ3) is 4.50. The van der Waals surface area contributed by atoms with E-state index in [1.54, 1.807) is 13.8 Å². The number of amides is 4. The van der Waals surface area contributed by atoms with Gasteiger partial charge in [-0.3, -0.25) is 9.59 Å². The quantitative estimate of drug-likeness (QED) is 0.639.